The number of nitrogens with zero attached hydrogens (tertiary/aromatic N) is 5. The van der Waals surface area contributed by atoms with Gasteiger partial charge in [-0.2, -0.15) is 0 Å². The Hall–Kier alpha value is -4.11. The number of nitrogens with one attached hydrogen (secondary N) is 2. The average molecular weight is 500 g/mol. The highest BCUT2D eigenvalue weighted by Gasteiger charge is 2.17. The molecule has 2 N–H and O–H groups in total. The van der Waals surface area contributed by atoms with Gasteiger partial charge in [0.15, 0.2) is 0 Å². The van der Waals surface area contributed by atoms with Crippen LogP contribution in [0.1, 0.15) is 24.2 Å². The topological polar surface area (TPSA) is 86.3 Å². The van der Waals surface area contributed by atoms with Crippen molar-refractivity contribution < 1.29 is 9.18 Å². The molecule has 0 aliphatic carbocycles. The molecule has 0 spiro atoms. The van der Waals surface area contributed by atoms with Gasteiger partial charge >= 0.3 is 0 Å². The first-order chi connectivity index (χ1) is 17.8. The molecule has 4 heterocycles. The highest BCUT2D eigenvalue weighted by Crippen LogP contribution is 2.26. The van der Waals surface area contributed by atoms with Crippen molar-refractivity contribution in [2.75, 3.05) is 48.8 Å². The smallest absolute Gasteiger partial charge is 0.257 e. The van der Waals surface area contributed by atoms with Crippen molar-refractivity contribution >= 4 is 34.1 Å². The van der Waals surface area contributed by atoms with Gasteiger partial charge in [-0.3, -0.25) is 4.79 Å². The number of carbonyl (C=O) groups is 1. The van der Waals surface area contributed by atoms with Gasteiger partial charge in [0.1, 0.15) is 17.5 Å². The number of halogens is 1. The molecule has 1 saturated heterocycles. The van der Waals surface area contributed by atoms with Crippen molar-refractivity contribution in [2.24, 2.45) is 0 Å². The molecule has 0 unspecified atom stereocenters. The van der Waals surface area contributed by atoms with E-state index in [2.05, 4.69) is 37.4 Å². The number of benzene rings is 1. The van der Waals surface area contributed by atoms with Crippen molar-refractivity contribution in [3.8, 4) is 11.3 Å². The number of carbonyl (C=O) groups excluding carboxylic acids is 1. The number of piperazine rings is 1. The number of pyridine rings is 3. The first-order valence-corrected chi connectivity index (χ1v) is 12.4. The molecular weight excluding hydrogens is 469 g/mol. The summed E-state index contributed by atoms with van der Waals surface area (Å²) in [6, 6.07) is 13.9. The summed E-state index contributed by atoms with van der Waals surface area (Å²) in [7, 11) is 2.10. The van der Waals surface area contributed by atoms with Gasteiger partial charge in [0.05, 0.1) is 11.2 Å². The van der Waals surface area contributed by atoms with Gasteiger partial charge in [0, 0.05) is 72.9 Å². The minimum Gasteiger partial charge on any atom is -0.383 e. The number of anilines is 3. The predicted molar refractivity (Wildman–Crippen MR) is 146 cm³/mol. The maximum absolute atomic E-state index is 14.3. The van der Waals surface area contributed by atoms with Gasteiger partial charge in [-0.15, -0.1) is 0 Å². The zero-order chi connectivity index (χ0) is 25.9. The van der Waals surface area contributed by atoms with Crippen LogP contribution in [0.15, 0.2) is 60.9 Å². The second-order valence-electron chi connectivity index (χ2n) is 9.63. The first kappa shape index (κ1) is 24.6. The Morgan fingerprint density at radius 2 is 1.81 bits per heavy atom. The Labute approximate surface area is 215 Å². The third-order valence-electron chi connectivity index (χ3n) is 6.30. The molecule has 1 aliphatic heterocycles. The number of hydrogen-bond acceptors (Lipinski definition) is 7. The van der Waals surface area contributed by atoms with Crippen LogP contribution in [0.25, 0.3) is 22.2 Å². The maximum atomic E-state index is 14.3. The Kier molecular flexibility index (Phi) is 6.96. The van der Waals surface area contributed by atoms with Crippen LogP contribution in [0.4, 0.5) is 21.7 Å². The second kappa shape index (κ2) is 10.5. The number of rotatable bonds is 6. The summed E-state index contributed by atoms with van der Waals surface area (Å²) in [6.07, 6.45) is 3.33. The number of amides is 1. The molecule has 9 heteroatoms. The van der Waals surface area contributed by atoms with E-state index in [1.54, 1.807) is 24.5 Å². The van der Waals surface area contributed by atoms with E-state index in [0.29, 0.717) is 33.8 Å². The van der Waals surface area contributed by atoms with Crippen LogP contribution in [-0.2, 0) is 0 Å². The Balaban J connectivity index is 1.36. The summed E-state index contributed by atoms with van der Waals surface area (Å²) in [5.41, 5.74) is 3.16. The van der Waals surface area contributed by atoms with Gasteiger partial charge in [-0.05, 0) is 63.4 Å². The number of hydrogen-bond donors (Lipinski definition) is 2. The summed E-state index contributed by atoms with van der Waals surface area (Å²) in [6.45, 7) is 7.66. The number of likely N-dealkylation sites (N-methyl/N-ethyl adjacent to an activating group) is 1. The molecule has 0 saturated carbocycles. The quantitative estimate of drug-likeness (QED) is 0.399. The summed E-state index contributed by atoms with van der Waals surface area (Å²) in [5, 5.41) is 6.92. The second-order valence-corrected chi connectivity index (χ2v) is 9.63. The van der Waals surface area contributed by atoms with Crippen LogP contribution < -0.4 is 15.5 Å². The maximum Gasteiger partial charge on any atom is 0.257 e. The lowest BCUT2D eigenvalue weighted by Crippen LogP contribution is -2.44. The molecule has 0 bridgehead atoms. The molecule has 1 amide bonds. The van der Waals surface area contributed by atoms with Crippen molar-refractivity contribution in [1.29, 1.82) is 0 Å². The standard InChI is InChI=1S/C28H30FN7O/c1-18(2)32-23-13-21(12-22(29)15-23)24-5-4-20-17-31-26(16-25(20)33-24)34-28(37)19-6-7-30-27(14-19)36-10-8-35(3)9-11-36/h4-7,12-18,32H,8-11H2,1-3H3,(H,31,34,37). The normalized spacial score (nSPS) is 14.2. The minimum atomic E-state index is -0.335. The Morgan fingerprint density at radius 1 is 1.00 bits per heavy atom. The average Bonchev–Trinajstić information content (AvgIpc) is 2.88. The Bertz CT molecular complexity index is 1430. The monoisotopic (exact) mass is 499 g/mol. The first-order valence-electron chi connectivity index (χ1n) is 12.4. The van der Waals surface area contributed by atoms with Gasteiger partial charge < -0.3 is 20.4 Å². The zero-order valence-corrected chi connectivity index (χ0v) is 21.2. The van der Waals surface area contributed by atoms with E-state index >= 15 is 0 Å². The fourth-order valence-corrected chi connectivity index (χ4v) is 4.36. The summed E-state index contributed by atoms with van der Waals surface area (Å²) in [4.78, 5) is 31.0. The largest absolute Gasteiger partial charge is 0.383 e. The fourth-order valence-electron chi connectivity index (χ4n) is 4.36. The summed E-state index contributed by atoms with van der Waals surface area (Å²) in [5.74, 6) is 0.579. The SMILES string of the molecule is CC(C)Nc1cc(F)cc(-c2ccc3cnc(NC(=O)c4ccnc(N5CCN(C)CC5)c4)cc3n2)c1. The van der Waals surface area contributed by atoms with Gasteiger partial charge in [-0.1, -0.05) is 0 Å². The molecule has 190 valence electrons. The molecule has 0 radical (unpaired) electrons. The van der Waals surface area contributed by atoms with E-state index < -0.39 is 0 Å². The predicted octanol–water partition coefficient (Wildman–Crippen LogP) is 4.66. The van der Waals surface area contributed by atoms with Crippen molar-refractivity contribution in [1.82, 2.24) is 19.9 Å². The lowest BCUT2D eigenvalue weighted by atomic mass is 10.1. The highest BCUT2D eigenvalue weighted by molar-refractivity contribution is 6.04. The van der Waals surface area contributed by atoms with Crippen molar-refractivity contribution in [2.45, 2.75) is 19.9 Å². The van der Waals surface area contributed by atoms with Crippen molar-refractivity contribution in [3.05, 3.63) is 72.3 Å². The van der Waals surface area contributed by atoms with Crippen molar-refractivity contribution in [3.63, 3.8) is 0 Å². The van der Waals surface area contributed by atoms with Crippen LogP contribution >= 0.6 is 0 Å². The van der Waals surface area contributed by atoms with Crippen LogP contribution in [0.3, 0.4) is 0 Å². The van der Waals surface area contributed by atoms with E-state index in [1.807, 2.05) is 38.1 Å². The summed E-state index contributed by atoms with van der Waals surface area (Å²) >= 11 is 0. The third kappa shape index (κ3) is 5.83. The summed E-state index contributed by atoms with van der Waals surface area (Å²) < 4.78 is 14.3. The zero-order valence-electron chi connectivity index (χ0n) is 21.2. The molecular formula is C28H30FN7O. The molecule has 5 rings (SSSR count). The minimum absolute atomic E-state index is 0.175. The van der Waals surface area contributed by atoms with Gasteiger partial charge in [-0.25, -0.2) is 19.3 Å². The molecule has 0 atom stereocenters. The Morgan fingerprint density at radius 3 is 2.59 bits per heavy atom. The molecule has 37 heavy (non-hydrogen) atoms. The molecule has 4 aromatic rings. The third-order valence-corrected chi connectivity index (χ3v) is 6.30. The van der Waals surface area contributed by atoms with E-state index in [9.17, 15) is 9.18 Å². The lowest BCUT2D eigenvalue weighted by molar-refractivity contribution is 0.102. The van der Waals surface area contributed by atoms with E-state index in [-0.39, 0.29) is 17.8 Å². The molecule has 3 aromatic heterocycles. The lowest BCUT2D eigenvalue weighted by Gasteiger charge is -2.33. The van der Waals surface area contributed by atoms with E-state index in [1.165, 1.54) is 12.1 Å². The molecule has 8 nitrogen and oxygen atoms in total. The molecule has 1 aliphatic rings. The van der Waals surface area contributed by atoms with Gasteiger partial charge in [0.25, 0.3) is 5.91 Å². The van der Waals surface area contributed by atoms with E-state index in [4.69, 9.17) is 4.98 Å². The van der Waals surface area contributed by atoms with Crippen LogP contribution in [-0.4, -0.2) is 65.0 Å². The van der Waals surface area contributed by atoms with Crippen LogP contribution in [0.2, 0.25) is 0 Å². The fraction of sp³-hybridized carbons (Fsp3) is 0.286. The highest BCUT2D eigenvalue weighted by atomic mass is 19.1. The number of aromatic nitrogens is 3. The molecule has 1 fully saturated rings. The van der Waals surface area contributed by atoms with Crippen LogP contribution in [0, 0.1) is 5.82 Å². The van der Waals surface area contributed by atoms with Crippen LogP contribution in [0.5, 0.6) is 0 Å². The molecule has 1 aromatic carbocycles. The number of fused-ring (bicyclic) bond motifs is 1. The van der Waals surface area contributed by atoms with Gasteiger partial charge in [0.2, 0.25) is 0 Å². The van der Waals surface area contributed by atoms with E-state index in [0.717, 1.165) is 37.4 Å².